The van der Waals surface area contributed by atoms with Gasteiger partial charge in [-0.05, 0) is 62.4 Å². The van der Waals surface area contributed by atoms with Gasteiger partial charge in [0.25, 0.3) is 5.97 Å². The maximum Gasteiger partial charge on any atom is 0.300 e. The molecule has 1 aliphatic heterocycles. The van der Waals surface area contributed by atoms with E-state index >= 15 is 0 Å². The number of fused-ring (bicyclic) bond motifs is 2. The van der Waals surface area contributed by atoms with Crippen molar-refractivity contribution >= 4 is 39.4 Å². The predicted molar refractivity (Wildman–Crippen MR) is 175 cm³/mol. The number of benzene rings is 2. The van der Waals surface area contributed by atoms with Gasteiger partial charge >= 0.3 is 0 Å². The van der Waals surface area contributed by atoms with Crippen LogP contribution < -0.4 is 11.1 Å². The van der Waals surface area contributed by atoms with Crippen molar-refractivity contribution in [2.75, 3.05) is 44.3 Å². The van der Waals surface area contributed by atoms with Crippen LogP contribution in [0.1, 0.15) is 50.0 Å². The van der Waals surface area contributed by atoms with E-state index in [2.05, 4.69) is 85.9 Å². The molecule has 1 saturated heterocycles. The molecule has 0 bridgehead atoms. The van der Waals surface area contributed by atoms with Gasteiger partial charge in [-0.25, -0.2) is 9.97 Å². The second-order valence-corrected chi connectivity index (χ2v) is 11.9. The number of para-hydroxylation sites is 1. The zero-order valence-corrected chi connectivity index (χ0v) is 25.4. The number of anilines is 2. The van der Waals surface area contributed by atoms with Crippen molar-refractivity contribution in [3.63, 3.8) is 0 Å². The summed E-state index contributed by atoms with van der Waals surface area (Å²) in [6, 6.07) is 19.5. The van der Waals surface area contributed by atoms with Gasteiger partial charge in [-0.1, -0.05) is 30.3 Å². The monoisotopic (exact) mass is 595 g/mol. The quantitative estimate of drug-likeness (QED) is 0.181. The number of nitrogens with two attached hydrogens (primary N) is 1. The summed E-state index contributed by atoms with van der Waals surface area (Å²) in [5, 5.41) is 20.7. The fourth-order valence-electron chi connectivity index (χ4n) is 6.43. The van der Waals surface area contributed by atoms with Crippen molar-refractivity contribution < 1.29 is 9.90 Å². The van der Waals surface area contributed by atoms with E-state index in [1.165, 1.54) is 44.4 Å². The molecule has 2 aliphatic rings. The molecule has 5 aromatic rings. The minimum absolute atomic E-state index is 0.346. The first kappa shape index (κ1) is 29.6. The molecule has 7 rings (SSSR count). The lowest BCUT2D eigenvalue weighted by atomic mass is 9.84. The van der Waals surface area contributed by atoms with Crippen LogP contribution in [0.2, 0.25) is 0 Å². The third kappa shape index (κ3) is 6.68. The minimum Gasteiger partial charge on any atom is -0.481 e. The van der Waals surface area contributed by atoms with E-state index in [1.807, 2.05) is 6.07 Å². The molecule has 1 saturated carbocycles. The number of aromatic nitrogens is 5. The van der Waals surface area contributed by atoms with Crippen molar-refractivity contribution in [3.05, 3.63) is 66.1 Å². The molecule has 2 fully saturated rings. The molecule has 0 radical (unpaired) electrons. The van der Waals surface area contributed by atoms with Crippen LogP contribution in [-0.2, 0) is 11.3 Å². The number of piperazine rings is 1. The molecular formula is C33H41N9O2. The Bertz CT molecular complexity index is 1680. The van der Waals surface area contributed by atoms with Crippen molar-refractivity contribution in [1.82, 2.24) is 34.9 Å². The first-order chi connectivity index (χ1) is 21.3. The molecular weight excluding hydrogens is 554 g/mol. The number of carbonyl (C=O) groups is 1. The summed E-state index contributed by atoms with van der Waals surface area (Å²) in [6.45, 7) is 6.50. The Labute approximate surface area is 256 Å². The fraction of sp³-hybridized carbons (Fsp3) is 0.394. The molecule has 4 heterocycles. The van der Waals surface area contributed by atoms with Gasteiger partial charge in [-0.3, -0.25) is 14.8 Å². The van der Waals surface area contributed by atoms with Crippen LogP contribution in [0.15, 0.2) is 54.6 Å². The first-order valence-corrected chi connectivity index (χ1v) is 15.4. The number of hydrogen-bond donors (Lipinski definition) is 5. The van der Waals surface area contributed by atoms with Gasteiger partial charge in [0.2, 0.25) is 0 Å². The minimum atomic E-state index is -0.833. The van der Waals surface area contributed by atoms with Crippen molar-refractivity contribution in [3.8, 4) is 11.3 Å². The van der Waals surface area contributed by atoms with Crippen molar-refractivity contribution in [2.24, 2.45) is 0 Å². The van der Waals surface area contributed by atoms with E-state index < -0.39 is 5.97 Å². The molecule has 1 aliphatic carbocycles. The number of likely N-dealkylation sites (N-methyl/N-ethyl adjacent to an activating group) is 1. The van der Waals surface area contributed by atoms with Gasteiger partial charge < -0.3 is 26.0 Å². The van der Waals surface area contributed by atoms with Gasteiger partial charge in [0.05, 0.1) is 17.6 Å². The Hall–Kier alpha value is -4.48. The van der Waals surface area contributed by atoms with Crippen LogP contribution in [0.3, 0.4) is 0 Å². The summed E-state index contributed by atoms with van der Waals surface area (Å²) in [5.41, 5.74) is 12.4. The van der Waals surface area contributed by atoms with Crippen LogP contribution in [0, 0.1) is 0 Å². The second-order valence-electron chi connectivity index (χ2n) is 11.9. The topological polar surface area (TPSA) is 152 Å². The lowest BCUT2D eigenvalue weighted by molar-refractivity contribution is -0.134. The second kappa shape index (κ2) is 13.0. The molecule has 0 amide bonds. The molecule has 11 heteroatoms. The van der Waals surface area contributed by atoms with E-state index in [-0.39, 0.29) is 0 Å². The summed E-state index contributed by atoms with van der Waals surface area (Å²) >= 11 is 0. The summed E-state index contributed by atoms with van der Waals surface area (Å²) in [6.07, 6.45) is 4.60. The number of aliphatic carboxylic acids is 1. The molecule has 230 valence electrons. The maximum atomic E-state index is 9.00. The van der Waals surface area contributed by atoms with Crippen molar-refractivity contribution in [2.45, 2.75) is 51.1 Å². The summed E-state index contributed by atoms with van der Waals surface area (Å²) in [5.74, 6) is 0.862. The van der Waals surface area contributed by atoms with Crippen LogP contribution in [-0.4, -0.2) is 85.3 Å². The van der Waals surface area contributed by atoms with Crippen LogP contribution in [0.4, 0.5) is 11.5 Å². The number of H-pyrrole nitrogens is 2. The Morgan fingerprint density at radius 3 is 2.43 bits per heavy atom. The molecule has 0 unspecified atom stereocenters. The molecule has 0 atom stereocenters. The van der Waals surface area contributed by atoms with Gasteiger partial charge in [0.1, 0.15) is 11.6 Å². The van der Waals surface area contributed by atoms with Crippen LogP contribution in [0.25, 0.3) is 33.2 Å². The highest BCUT2D eigenvalue weighted by atomic mass is 16.4. The number of nitrogens with one attached hydrogen (secondary N) is 3. The van der Waals surface area contributed by atoms with Gasteiger partial charge in [-0.15, -0.1) is 0 Å². The Kier molecular flexibility index (Phi) is 8.76. The Morgan fingerprint density at radius 2 is 1.73 bits per heavy atom. The molecule has 3 aromatic heterocycles. The summed E-state index contributed by atoms with van der Waals surface area (Å²) < 4.78 is 0. The highest BCUT2D eigenvalue weighted by Gasteiger charge is 2.30. The Morgan fingerprint density at radius 1 is 1.02 bits per heavy atom. The largest absolute Gasteiger partial charge is 0.481 e. The smallest absolute Gasteiger partial charge is 0.300 e. The number of hydrogen-bond acceptors (Lipinski definition) is 8. The fourth-order valence-corrected chi connectivity index (χ4v) is 6.43. The number of nitrogens with zero attached hydrogens (tertiary/aromatic N) is 5. The van der Waals surface area contributed by atoms with Gasteiger partial charge in [0, 0.05) is 67.5 Å². The highest BCUT2D eigenvalue weighted by Crippen LogP contribution is 2.36. The average molecular weight is 596 g/mol. The SMILES string of the molecule is CC(=O)O.CN1CCN(C2CCC(c3nc(N)c4c(-c5ccc(NCc6cc7ccccc7[nH]6)cc5)[nH]nc4n3)CC2)CC1. The first-order valence-electron chi connectivity index (χ1n) is 15.4. The summed E-state index contributed by atoms with van der Waals surface area (Å²) in [4.78, 5) is 27.2. The number of carboxylic acid groups (broad SMARTS) is 1. The maximum absolute atomic E-state index is 9.00. The standard InChI is InChI=1S/C31H37N9.C2H4O2/c1-39-14-16-40(17-15-39)25-12-8-21(9-13-25)30-35-29(32)27-28(37-38-31(27)36-30)20-6-10-23(11-7-20)33-19-24-18-22-4-2-3-5-26(22)34-24;1-2(3)4/h2-7,10-11,18,21,25,33-34H,8-9,12-17,19H2,1H3,(H3,32,35,36,37,38);1H3,(H,3,4). The Balaban J connectivity index is 0.000000810. The molecule has 6 N–H and O–H groups in total. The van der Waals surface area contributed by atoms with Gasteiger partial charge in [0.15, 0.2) is 5.65 Å². The van der Waals surface area contributed by atoms with E-state index in [0.717, 1.165) is 65.7 Å². The molecule has 44 heavy (non-hydrogen) atoms. The average Bonchev–Trinajstić information content (AvgIpc) is 3.65. The molecule has 0 spiro atoms. The zero-order chi connectivity index (χ0) is 30.6. The van der Waals surface area contributed by atoms with Crippen LogP contribution in [0.5, 0.6) is 0 Å². The predicted octanol–water partition coefficient (Wildman–Crippen LogP) is 5.06. The highest BCUT2D eigenvalue weighted by molar-refractivity contribution is 5.98. The zero-order valence-electron chi connectivity index (χ0n) is 25.4. The lowest BCUT2D eigenvalue weighted by Crippen LogP contribution is -2.49. The normalized spacial score (nSPS) is 19.5. The number of carboxylic acids is 1. The van der Waals surface area contributed by atoms with E-state index in [4.69, 9.17) is 25.6 Å². The number of rotatable bonds is 6. The third-order valence-corrected chi connectivity index (χ3v) is 8.82. The molecule has 11 nitrogen and oxygen atoms in total. The number of nitrogen functional groups attached to an aromatic ring is 1. The third-order valence-electron chi connectivity index (χ3n) is 8.82. The van der Waals surface area contributed by atoms with Crippen molar-refractivity contribution in [1.29, 1.82) is 0 Å². The van der Waals surface area contributed by atoms with E-state index in [9.17, 15) is 0 Å². The van der Waals surface area contributed by atoms with Crippen LogP contribution >= 0.6 is 0 Å². The molecule has 2 aromatic carbocycles. The lowest BCUT2D eigenvalue weighted by Gasteiger charge is -2.40. The van der Waals surface area contributed by atoms with E-state index in [1.54, 1.807) is 0 Å². The summed E-state index contributed by atoms with van der Waals surface area (Å²) in [7, 11) is 2.21. The van der Waals surface area contributed by atoms with Gasteiger partial charge in [-0.2, -0.15) is 5.10 Å². The van der Waals surface area contributed by atoms with E-state index in [0.29, 0.717) is 23.4 Å². The number of aromatic amines is 2.